The van der Waals surface area contributed by atoms with Gasteiger partial charge >= 0.3 is 12.2 Å². The van der Waals surface area contributed by atoms with Gasteiger partial charge in [0.25, 0.3) is 0 Å². The van der Waals surface area contributed by atoms with Crippen LogP contribution in [-0.4, -0.2) is 95.8 Å². The van der Waals surface area contributed by atoms with Crippen LogP contribution in [0.1, 0.15) is 68.1 Å². The third-order valence-corrected chi connectivity index (χ3v) is 11.6. The number of piperidine rings is 3. The number of rotatable bonds is 8. The smallest absolute Gasteiger partial charge is 0.386 e. The maximum Gasteiger partial charge on any atom is 0.418 e. The summed E-state index contributed by atoms with van der Waals surface area (Å²) in [7, 11) is 1.38. The number of benzene rings is 1. The van der Waals surface area contributed by atoms with Gasteiger partial charge in [0, 0.05) is 57.3 Å². The maximum absolute atomic E-state index is 14.1. The highest BCUT2D eigenvalue weighted by atomic mass is 35.5. The van der Waals surface area contributed by atoms with Crippen LogP contribution in [0.3, 0.4) is 0 Å². The lowest BCUT2D eigenvalue weighted by molar-refractivity contribution is -0.143. The molecule has 3 saturated heterocycles. The van der Waals surface area contributed by atoms with E-state index in [0.717, 1.165) is 42.6 Å². The summed E-state index contributed by atoms with van der Waals surface area (Å²) in [5.74, 6) is -1.23. The number of hydrogen-bond donors (Lipinski definition) is 2. The van der Waals surface area contributed by atoms with Crippen molar-refractivity contribution in [2.45, 2.75) is 82.6 Å². The van der Waals surface area contributed by atoms with Gasteiger partial charge in [0.2, 0.25) is 11.8 Å². The maximum atomic E-state index is 14.1. The first-order chi connectivity index (χ1) is 23.0. The summed E-state index contributed by atoms with van der Waals surface area (Å²) in [4.78, 5) is 48.5. The van der Waals surface area contributed by atoms with E-state index in [2.05, 4.69) is 15.5 Å². The van der Waals surface area contributed by atoms with Gasteiger partial charge in [-0.3, -0.25) is 14.9 Å². The van der Waals surface area contributed by atoms with Gasteiger partial charge in [-0.15, -0.1) is 11.3 Å². The molecule has 4 aliphatic rings. The fourth-order valence-corrected chi connectivity index (χ4v) is 8.97. The number of thiophene rings is 1. The van der Waals surface area contributed by atoms with E-state index in [-0.39, 0.29) is 53.0 Å². The van der Waals surface area contributed by atoms with E-state index in [0.29, 0.717) is 51.6 Å². The second-order valence-electron chi connectivity index (χ2n) is 13.5. The van der Waals surface area contributed by atoms with Gasteiger partial charge in [-0.2, -0.15) is 13.2 Å². The first-order valence-electron chi connectivity index (χ1n) is 17.0. The van der Waals surface area contributed by atoms with E-state index in [1.807, 2.05) is 16.3 Å². The number of anilines is 2. The molecule has 4 amide bonds. The van der Waals surface area contributed by atoms with Crippen LogP contribution in [0.25, 0.3) is 0 Å². The summed E-state index contributed by atoms with van der Waals surface area (Å²) in [5, 5.41) is 8.25. The molecular weight excluding hydrogens is 665 g/mol. The SMILES string of the molecule is CNc1c(Cl)cc(C[C@@H](CC(=O)N2CCC(N3Cc4ccsc4NC3=O)CC2)C(=O)N2CCC(N3CCCCC3)CC2)cc1C(F)(F)F. The second kappa shape index (κ2) is 14.8. The molecular formula is C34H44ClF3N6O3S. The summed E-state index contributed by atoms with van der Waals surface area (Å²) in [6.07, 6.45) is 1.75. The summed E-state index contributed by atoms with van der Waals surface area (Å²) in [6.45, 7) is 4.69. The van der Waals surface area contributed by atoms with Crippen molar-refractivity contribution in [1.29, 1.82) is 0 Å². The van der Waals surface area contributed by atoms with Gasteiger partial charge < -0.3 is 24.9 Å². The van der Waals surface area contributed by atoms with Gasteiger partial charge in [-0.05, 0) is 87.2 Å². The fourth-order valence-electron chi connectivity index (χ4n) is 7.84. The lowest BCUT2D eigenvalue weighted by Gasteiger charge is -2.41. The van der Waals surface area contributed by atoms with Crippen molar-refractivity contribution in [3.63, 3.8) is 0 Å². The zero-order chi connectivity index (χ0) is 34.0. The molecule has 262 valence electrons. The minimum atomic E-state index is -4.65. The molecule has 0 saturated carbocycles. The number of carbonyl (C=O) groups is 3. The average molecular weight is 709 g/mol. The van der Waals surface area contributed by atoms with Crippen LogP contribution in [0.4, 0.5) is 28.7 Å². The van der Waals surface area contributed by atoms with Crippen LogP contribution in [-0.2, 0) is 28.7 Å². The van der Waals surface area contributed by atoms with E-state index in [9.17, 15) is 27.6 Å². The van der Waals surface area contributed by atoms with E-state index in [4.69, 9.17) is 11.6 Å². The van der Waals surface area contributed by atoms with Gasteiger partial charge in [0.05, 0.1) is 28.7 Å². The van der Waals surface area contributed by atoms with Gasteiger partial charge in [-0.1, -0.05) is 18.0 Å². The first-order valence-corrected chi connectivity index (χ1v) is 18.3. The van der Waals surface area contributed by atoms with Crippen LogP contribution >= 0.6 is 22.9 Å². The zero-order valence-corrected chi connectivity index (χ0v) is 28.9. The number of alkyl halides is 3. The van der Waals surface area contributed by atoms with Crippen molar-refractivity contribution < 1.29 is 27.6 Å². The number of nitrogens with one attached hydrogen (secondary N) is 2. The van der Waals surface area contributed by atoms with Gasteiger partial charge in [-0.25, -0.2) is 4.79 Å². The number of likely N-dealkylation sites (tertiary alicyclic amines) is 3. The average Bonchev–Trinajstić information content (AvgIpc) is 3.54. The Labute approximate surface area is 288 Å². The molecule has 1 atom stereocenters. The summed E-state index contributed by atoms with van der Waals surface area (Å²) in [5.41, 5.74) is 0.233. The monoisotopic (exact) mass is 708 g/mol. The Morgan fingerprint density at radius 1 is 1.00 bits per heavy atom. The highest BCUT2D eigenvalue weighted by Crippen LogP contribution is 2.40. The van der Waals surface area contributed by atoms with Crippen molar-refractivity contribution in [3.8, 4) is 0 Å². The molecule has 4 aliphatic heterocycles. The molecule has 6 rings (SSSR count). The first kappa shape index (κ1) is 34.8. The number of hydrogen-bond acceptors (Lipinski definition) is 6. The van der Waals surface area contributed by atoms with Crippen LogP contribution in [0, 0.1) is 5.92 Å². The lowest BCUT2D eigenvalue weighted by atomic mass is 9.91. The van der Waals surface area contributed by atoms with Gasteiger partial charge in [0.15, 0.2) is 0 Å². The minimum Gasteiger partial charge on any atom is -0.386 e. The molecule has 3 fully saturated rings. The number of nitrogens with zero attached hydrogens (tertiary/aromatic N) is 4. The Kier molecular flexibility index (Phi) is 10.8. The summed E-state index contributed by atoms with van der Waals surface area (Å²) in [6, 6.07) is 4.78. The molecule has 48 heavy (non-hydrogen) atoms. The molecule has 0 radical (unpaired) electrons. The molecule has 1 aromatic heterocycles. The predicted molar refractivity (Wildman–Crippen MR) is 181 cm³/mol. The van der Waals surface area contributed by atoms with Crippen molar-refractivity contribution in [1.82, 2.24) is 19.6 Å². The van der Waals surface area contributed by atoms with Crippen LogP contribution in [0.15, 0.2) is 23.6 Å². The summed E-state index contributed by atoms with van der Waals surface area (Å²) < 4.78 is 42.0. The Bertz CT molecular complexity index is 1480. The van der Waals surface area contributed by atoms with E-state index < -0.39 is 17.7 Å². The Hall–Kier alpha value is -3.03. The Morgan fingerprint density at radius 3 is 2.33 bits per heavy atom. The Morgan fingerprint density at radius 2 is 1.67 bits per heavy atom. The quantitative estimate of drug-likeness (QED) is 0.326. The lowest BCUT2D eigenvalue weighted by Crippen LogP contribution is -2.52. The number of carbonyl (C=O) groups excluding carboxylic acids is 3. The standard InChI is InChI=1S/C34H44ClF3N6O3S/c1-39-30-27(34(36,37)38)18-22(19-28(30)35)17-24(32(46)43-14-5-25(6-15-43)41-10-3-2-4-11-41)20-29(45)42-12-7-26(8-13-42)44-21-23-9-16-48-31(23)40-33(44)47/h9,16,18-19,24-26,39H,2-8,10-15,17,20-21H2,1H3,(H,40,47)/t24-/m0/s1. The minimum absolute atomic E-state index is 0.0191. The zero-order valence-electron chi connectivity index (χ0n) is 27.3. The molecule has 2 N–H and O–H groups in total. The molecule has 14 heteroatoms. The van der Waals surface area contributed by atoms with E-state index >= 15 is 0 Å². The molecule has 9 nitrogen and oxygen atoms in total. The van der Waals surface area contributed by atoms with Crippen molar-refractivity contribution in [2.75, 3.05) is 56.9 Å². The number of urea groups is 1. The van der Waals surface area contributed by atoms with Crippen LogP contribution in [0.2, 0.25) is 5.02 Å². The normalized spacial score (nSPS) is 20.8. The van der Waals surface area contributed by atoms with Gasteiger partial charge in [0.1, 0.15) is 5.00 Å². The molecule has 0 bridgehead atoms. The molecule has 0 aliphatic carbocycles. The van der Waals surface area contributed by atoms with Crippen molar-refractivity contribution >= 4 is 51.5 Å². The van der Waals surface area contributed by atoms with Crippen LogP contribution < -0.4 is 10.6 Å². The topological polar surface area (TPSA) is 88.2 Å². The molecule has 5 heterocycles. The van der Waals surface area contributed by atoms with Crippen LogP contribution in [0.5, 0.6) is 0 Å². The Balaban J connectivity index is 1.14. The predicted octanol–water partition coefficient (Wildman–Crippen LogP) is 6.53. The molecule has 0 unspecified atom stereocenters. The number of halogens is 4. The summed E-state index contributed by atoms with van der Waals surface area (Å²) >= 11 is 7.81. The van der Waals surface area contributed by atoms with E-state index in [1.165, 1.54) is 43.7 Å². The number of fused-ring (bicyclic) bond motifs is 1. The molecule has 1 aromatic carbocycles. The third-order valence-electron chi connectivity index (χ3n) is 10.5. The third kappa shape index (κ3) is 7.73. The second-order valence-corrected chi connectivity index (χ2v) is 14.8. The van der Waals surface area contributed by atoms with E-state index in [1.54, 1.807) is 9.80 Å². The highest BCUT2D eigenvalue weighted by molar-refractivity contribution is 7.14. The number of amides is 4. The fraction of sp³-hybridized carbons (Fsp3) is 0.618. The van der Waals surface area contributed by atoms with Crippen molar-refractivity contribution in [2.24, 2.45) is 5.92 Å². The largest absolute Gasteiger partial charge is 0.418 e. The molecule has 0 spiro atoms. The highest BCUT2D eigenvalue weighted by Gasteiger charge is 2.38. The molecule has 2 aromatic rings. The van der Waals surface area contributed by atoms with Crippen molar-refractivity contribution in [3.05, 3.63) is 45.3 Å².